The van der Waals surface area contributed by atoms with Crippen LogP contribution in [0, 0.1) is 0 Å². The normalized spacial score (nSPS) is 20.2. The first-order valence-electron chi connectivity index (χ1n) is 11.8. The number of hydrogen-bond donors (Lipinski definition) is 4. The quantitative estimate of drug-likeness (QED) is 0.384. The van der Waals surface area contributed by atoms with Gasteiger partial charge in [0, 0.05) is 65.5 Å². The number of nitrogens with two attached hydrogens (primary N) is 1. The molecule has 3 aromatic rings. The van der Waals surface area contributed by atoms with Crippen molar-refractivity contribution in [1.82, 2.24) is 25.5 Å². The molecule has 0 radical (unpaired) electrons. The van der Waals surface area contributed by atoms with Crippen molar-refractivity contribution in [3.05, 3.63) is 50.6 Å². The van der Waals surface area contributed by atoms with Crippen molar-refractivity contribution in [3.63, 3.8) is 0 Å². The van der Waals surface area contributed by atoms with E-state index in [4.69, 9.17) is 17.3 Å². The first-order chi connectivity index (χ1) is 16.5. The first kappa shape index (κ1) is 25.9. The Kier molecular flexibility index (Phi) is 8.34. The Balaban J connectivity index is 0.00000289. The van der Waals surface area contributed by atoms with Crippen molar-refractivity contribution in [1.29, 1.82) is 0 Å². The van der Waals surface area contributed by atoms with Crippen molar-refractivity contribution in [2.45, 2.75) is 50.7 Å². The number of carbonyl (C=O) groups is 2. The summed E-state index contributed by atoms with van der Waals surface area (Å²) in [5.74, 6) is -0.334. The standard InChI is InChI=1S/C24H29ClN6O2S.ClH/c25-15-5-6-16-14(11-15)12-20(27-16)22(32)28-17-3-1-2-4-18(17)29-23(33)24-30-19-7-9-31(10-8-26)13-21(19)34-24;/h5-6,11-12,17-18,27H,1-4,7-10,13,26H2,(H,28,32)(H,29,33);1H/t17-,18+;/m1./s1. The average molecular weight is 538 g/mol. The van der Waals surface area contributed by atoms with Crippen LogP contribution in [0.25, 0.3) is 10.9 Å². The smallest absolute Gasteiger partial charge is 0.280 e. The highest BCUT2D eigenvalue weighted by Crippen LogP contribution is 2.26. The number of hydrogen-bond acceptors (Lipinski definition) is 6. The number of nitrogens with one attached hydrogen (secondary N) is 3. The topological polar surface area (TPSA) is 116 Å². The highest BCUT2D eigenvalue weighted by atomic mass is 35.5. The third kappa shape index (κ3) is 5.81. The van der Waals surface area contributed by atoms with Crippen LogP contribution in [0.4, 0.5) is 0 Å². The van der Waals surface area contributed by atoms with Gasteiger partial charge in [-0.3, -0.25) is 14.5 Å². The van der Waals surface area contributed by atoms with E-state index in [-0.39, 0.29) is 36.3 Å². The molecule has 2 aliphatic rings. The van der Waals surface area contributed by atoms with Gasteiger partial charge in [0.1, 0.15) is 5.69 Å². The van der Waals surface area contributed by atoms with Gasteiger partial charge in [0.25, 0.3) is 11.8 Å². The fourth-order valence-corrected chi connectivity index (χ4v) is 6.13. The second-order valence-corrected chi connectivity index (χ2v) is 10.6. The lowest BCUT2D eigenvalue weighted by Gasteiger charge is -2.32. The molecule has 0 saturated heterocycles. The average Bonchev–Trinajstić information content (AvgIpc) is 3.44. The van der Waals surface area contributed by atoms with Gasteiger partial charge in [-0.1, -0.05) is 24.4 Å². The van der Waals surface area contributed by atoms with Gasteiger partial charge in [0.2, 0.25) is 0 Å². The van der Waals surface area contributed by atoms with E-state index >= 15 is 0 Å². The molecule has 2 aromatic heterocycles. The number of thiazole rings is 1. The second-order valence-electron chi connectivity index (χ2n) is 9.06. The van der Waals surface area contributed by atoms with Gasteiger partial charge in [-0.2, -0.15) is 0 Å². The highest BCUT2D eigenvalue weighted by Gasteiger charge is 2.30. The number of aromatic amines is 1. The van der Waals surface area contributed by atoms with Gasteiger partial charge in [-0.25, -0.2) is 4.98 Å². The fraction of sp³-hybridized carbons (Fsp3) is 0.458. The maximum Gasteiger partial charge on any atom is 0.280 e. The lowest BCUT2D eigenvalue weighted by atomic mass is 9.90. The summed E-state index contributed by atoms with van der Waals surface area (Å²) >= 11 is 7.54. The van der Waals surface area contributed by atoms with Crippen molar-refractivity contribution in [3.8, 4) is 0 Å². The van der Waals surface area contributed by atoms with Crippen LogP contribution in [0.3, 0.4) is 0 Å². The maximum atomic E-state index is 13.1. The Morgan fingerprint density at radius 1 is 1.17 bits per heavy atom. The van der Waals surface area contributed by atoms with E-state index in [9.17, 15) is 9.59 Å². The molecule has 0 unspecified atom stereocenters. The number of H-pyrrole nitrogens is 1. The Hall–Kier alpha value is -2.17. The van der Waals surface area contributed by atoms with Gasteiger partial charge in [-0.15, -0.1) is 23.7 Å². The molecule has 1 aromatic carbocycles. The second kappa shape index (κ2) is 11.3. The zero-order valence-electron chi connectivity index (χ0n) is 19.3. The fourth-order valence-electron chi connectivity index (χ4n) is 4.90. The molecular formula is C24H30Cl2N6O2S. The first-order valence-corrected chi connectivity index (χ1v) is 13.0. The number of carbonyl (C=O) groups excluding carboxylic acids is 2. The number of benzene rings is 1. The van der Waals surface area contributed by atoms with Crippen LogP contribution < -0.4 is 16.4 Å². The summed E-state index contributed by atoms with van der Waals surface area (Å²) in [5, 5.41) is 8.31. The van der Waals surface area contributed by atoms with Crippen LogP contribution in [0.1, 0.15) is 56.5 Å². The molecule has 5 rings (SSSR count). The summed E-state index contributed by atoms with van der Waals surface area (Å²) in [7, 11) is 0. The molecule has 1 saturated carbocycles. The van der Waals surface area contributed by atoms with Crippen LogP contribution in [0.15, 0.2) is 24.3 Å². The van der Waals surface area contributed by atoms with Gasteiger partial charge in [0.05, 0.1) is 5.69 Å². The van der Waals surface area contributed by atoms with Crippen molar-refractivity contribution < 1.29 is 9.59 Å². The van der Waals surface area contributed by atoms with E-state index in [2.05, 4.69) is 25.5 Å². The lowest BCUT2D eigenvalue weighted by molar-refractivity contribution is 0.0860. The molecule has 0 bridgehead atoms. The minimum absolute atomic E-state index is 0. The van der Waals surface area contributed by atoms with Gasteiger partial charge in [0.15, 0.2) is 5.01 Å². The van der Waals surface area contributed by atoms with E-state index in [0.29, 0.717) is 22.3 Å². The highest BCUT2D eigenvalue weighted by molar-refractivity contribution is 7.13. The predicted molar refractivity (Wildman–Crippen MR) is 142 cm³/mol. The Bertz CT molecular complexity index is 1210. The summed E-state index contributed by atoms with van der Waals surface area (Å²) in [6, 6.07) is 7.04. The molecule has 2 atom stereocenters. The van der Waals surface area contributed by atoms with Gasteiger partial charge < -0.3 is 21.4 Å². The molecule has 0 spiro atoms. The maximum absolute atomic E-state index is 13.1. The molecule has 3 heterocycles. The molecule has 1 fully saturated rings. The number of amides is 2. The zero-order valence-corrected chi connectivity index (χ0v) is 21.7. The summed E-state index contributed by atoms with van der Waals surface area (Å²) in [5.41, 5.74) is 8.07. The molecular weight excluding hydrogens is 507 g/mol. The third-order valence-corrected chi connectivity index (χ3v) is 7.99. The zero-order chi connectivity index (χ0) is 23.7. The number of aromatic nitrogens is 2. The van der Waals surface area contributed by atoms with E-state index in [1.165, 1.54) is 11.3 Å². The van der Waals surface area contributed by atoms with Crippen molar-refractivity contribution >= 4 is 58.1 Å². The van der Waals surface area contributed by atoms with E-state index in [0.717, 1.165) is 73.2 Å². The monoisotopic (exact) mass is 536 g/mol. The minimum Gasteiger partial charge on any atom is -0.351 e. The third-order valence-electron chi connectivity index (χ3n) is 6.68. The summed E-state index contributed by atoms with van der Waals surface area (Å²) < 4.78 is 0. The van der Waals surface area contributed by atoms with Gasteiger partial charge in [-0.05, 0) is 37.1 Å². The molecule has 1 aliphatic carbocycles. The van der Waals surface area contributed by atoms with E-state index in [1.807, 2.05) is 12.1 Å². The molecule has 8 nitrogen and oxygen atoms in total. The molecule has 2 amide bonds. The molecule has 11 heteroatoms. The van der Waals surface area contributed by atoms with Crippen LogP contribution in [-0.2, 0) is 13.0 Å². The lowest BCUT2D eigenvalue weighted by Crippen LogP contribution is -2.53. The summed E-state index contributed by atoms with van der Waals surface area (Å²) in [6.07, 6.45) is 4.53. The van der Waals surface area contributed by atoms with E-state index in [1.54, 1.807) is 12.1 Å². The Labute approximate surface area is 219 Å². The van der Waals surface area contributed by atoms with Gasteiger partial charge >= 0.3 is 0 Å². The molecule has 35 heavy (non-hydrogen) atoms. The van der Waals surface area contributed by atoms with Crippen LogP contribution in [-0.4, -0.2) is 58.4 Å². The van der Waals surface area contributed by atoms with Crippen LogP contribution in [0.2, 0.25) is 5.02 Å². The van der Waals surface area contributed by atoms with Crippen LogP contribution in [0.5, 0.6) is 0 Å². The number of fused-ring (bicyclic) bond motifs is 2. The largest absolute Gasteiger partial charge is 0.351 e. The van der Waals surface area contributed by atoms with E-state index < -0.39 is 0 Å². The molecule has 188 valence electrons. The summed E-state index contributed by atoms with van der Waals surface area (Å²) in [4.78, 5) is 37.3. The minimum atomic E-state index is -0.178. The van der Waals surface area contributed by atoms with Crippen molar-refractivity contribution in [2.24, 2.45) is 5.73 Å². The SMILES string of the molecule is Cl.NCCN1CCc2nc(C(=O)N[C@H]3CCCC[C@H]3NC(=O)c3cc4cc(Cl)ccc4[nH]3)sc2C1. The Morgan fingerprint density at radius 2 is 1.91 bits per heavy atom. The van der Waals surface area contributed by atoms with Crippen molar-refractivity contribution in [2.75, 3.05) is 19.6 Å². The van der Waals surface area contributed by atoms with Crippen LogP contribution >= 0.6 is 35.3 Å². The molecule has 1 aliphatic heterocycles. The number of rotatable bonds is 6. The Morgan fingerprint density at radius 3 is 2.66 bits per heavy atom. The predicted octanol–water partition coefficient (Wildman–Crippen LogP) is 3.49. The summed E-state index contributed by atoms with van der Waals surface area (Å²) in [6.45, 7) is 3.20. The number of nitrogens with zero attached hydrogens (tertiary/aromatic N) is 2. The number of halogens is 2. The molecule has 5 N–H and O–H groups in total.